The Balaban J connectivity index is 1.07. The van der Waals surface area contributed by atoms with Crippen LogP contribution in [0.1, 0.15) is 59.6 Å². The van der Waals surface area contributed by atoms with Crippen molar-refractivity contribution in [3.05, 3.63) is 71.3 Å². The number of imide groups is 1. The molecule has 4 aromatic heterocycles. The van der Waals surface area contributed by atoms with E-state index in [1.807, 2.05) is 42.8 Å². The molecule has 214 valence electrons. The minimum atomic E-state index is -0.360. The monoisotopic (exact) mass is 566 g/mol. The average molecular weight is 567 g/mol. The van der Waals surface area contributed by atoms with Crippen molar-refractivity contribution in [2.24, 2.45) is 5.92 Å². The van der Waals surface area contributed by atoms with Crippen LogP contribution in [-0.2, 0) is 16.2 Å². The number of pyridine rings is 2. The topological polar surface area (TPSA) is 135 Å². The number of ether oxygens (including phenoxy) is 1. The molecule has 4 aromatic rings. The maximum Gasteiger partial charge on any atom is 0.331 e. The molecule has 0 spiro atoms. The number of nitrogens with zero attached hydrogens (tertiary/aromatic N) is 7. The molecule has 5 heterocycles. The van der Waals surface area contributed by atoms with Crippen LogP contribution in [0.5, 0.6) is 5.75 Å². The van der Waals surface area contributed by atoms with E-state index in [1.54, 1.807) is 18.3 Å². The molecule has 1 aliphatic heterocycles. The predicted octanol–water partition coefficient (Wildman–Crippen LogP) is 3.73. The predicted molar refractivity (Wildman–Crippen MR) is 152 cm³/mol. The number of amides is 4. The molecule has 4 amide bonds. The zero-order valence-electron chi connectivity index (χ0n) is 23.6. The molecule has 2 aliphatic carbocycles. The first-order valence-electron chi connectivity index (χ1n) is 14.0. The molecule has 2 atom stereocenters. The van der Waals surface area contributed by atoms with Crippen LogP contribution in [0.3, 0.4) is 0 Å². The summed E-state index contributed by atoms with van der Waals surface area (Å²) < 4.78 is 7.99. The lowest BCUT2D eigenvalue weighted by Gasteiger charge is -2.17. The highest BCUT2D eigenvalue weighted by molar-refractivity contribution is 6.13. The van der Waals surface area contributed by atoms with Crippen molar-refractivity contribution >= 4 is 35.0 Å². The summed E-state index contributed by atoms with van der Waals surface area (Å²) in [5, 5.41) is 2.92. The van der Waals surface area contributed by atoms with Gasteiger partial charge in [0, 0.05) is 61.0 Å². The fourth-order valence-electron chi connectivity index (χ4n) is 5.42. The van der Waals surface area contributed by atoms with Gasteiger partial charge in [-0.25, -0.2) is 24.7 Å². The van der Waals surface area contributed by atoms with Gasteiger partial charge in [0.25, 0.3) is 0 Å². The van der Waals surface area contributed by atoms with Crippen molar-refractivity contribution in [2.45, 2.75) is 51.6 Å². The molecule has 2 unspecified atom stereocenters. The molecule has 12 heteroatoms. The maximum absolute atomic E-state index is 12.9. The van der Waals surface area contributed by atoms with Gasteiger partial charge < -0.3 is 14.5 Å². The third-order valence-electron chi connectivity index (χ3n) is 7.96. The van der Waals surface area contributed by atoms with Gasteiger partial charge in [-0.1, -0.05) is 0 Å². The number of hydrogen-bond acceptors (Lipinski definition) is 8. The van der Waals surface area contributed by atoms with E-state index in [0.29, 0.717) is 52.5 Å². The Bertz CT molecular complexity index is 1760. The minimum Gasteiger partial charge on any atom is -0.487 e. The number of aryl methyl sites for hydroxylation is 2. The smallest absolute Gasteiger partial charge is 0.331 e. The Morgan fingerprint density at radius 3 is 2.64 bits per heavy atom. The van der Waals surface area contributed by atoms with E-state index in [4.69, 9.17) is 9.72 Å². The number of fused-ring (bicyclic) bond motifs is 1. The highest BCUT2D eigenvalue weighted by Crippen LogP contribution is 2.46. The van der Waals surface area contributed by atoms with E-state index in [1.165, 1.54) is 11.9 Å². The summed E-state index contributed by atoms with van der Waals surface area (Å²) in [5.41, 5.74) is 4.57. The Morgan fingerprint density at radius 2 is 1.90 bits per heavy atom. The molecule has 1 N–H and O–H groups in total. The molecule has 0 bridgehead atoms. The molecular weight excluding hydrogens is 536 g/mol. The summed E-state index contributed by atoms with van der Waals surface area (Å²) in [4.78, 5) is 58.6. The Labute approximate surface area is 241 Å². The Hall–Kier alpha value is -4.87. The molecule has 7 rings (SSSR count). The molecule has 42 heavy (non-hydrogen) atoms. The molecule has 3 fully saturated rings. The van der Waals surface area contributed by atoms with Gasteiger partial charge in [0.15, 0.2) is 5.65 Å². The van der Waals surface area contributed by atoms with Crippen LogP contribution < -0.4 is 15.0 Å². The Morgan fingerprint density at radius 1 is 1.07 bits per heavy atom. The zero-order valence-corrected chi connectivity index (χ0v) is 23.6. The van der Waals surface area contributed by atoms with Gasteiger partial charge in [0.2, 0.25) is 11.8 Å². The molecular formula is C30H30N8O4. The van der Waals surface area contributed by atoms with Gasteiger partial charge >= 0.3 is 6.03 Å². The van der Waals surface area contributed by atoms with E-state index in [2.05, 4.69) is 20.3 Å². The van der Waals surface area contributed by atoms with E-state index < -0.39 is 0 Å². The summed E-state index contributed by atoms with van der Waals surface area (Å²) in [7, 11) is 1.49. The second-order valence-electron chi connectivity index (χ2n) is 11.3. The number of anilines is 2. The molecule has 12 nitrogen and oxygen atoms in total. The first-order valence-corrected chi connectivity index (χ1v) is 14.0. The van der Waals surface area contributed by atoms with Crippen LogP contribution in [-0.4, -0.2) is 60.7 Å². The lowest BCUT2D eigenvalue weighted by Crippen LogP contribution is -2.30. The minimum absolute atomic E-state index is 0.0117. The van der Waals surface area contributed by atoms with Crippen LogP contribution in [0.15, 0.2) is 42.9 Å². The first kappa shape index (κ1) is 26.1. The van der Waals surface area contributed by atoms with Crippen LogP contribution >= 0.6 is 0 Å². The SMILES string of the molecule is Cc1cc(OCc2cn3cc(C4CC4)cc(N4CC(=O)N(C)C4=O)c3n2)cc(NC(=O)C2CC2c2nccc(C)n2)n1. The van der Waals surface area contributed by atoms with Gasteiger partial charge in [-0.2, -0.15) is 0 Å². The van der Waals surface area contributed by atoms with Crippen molar-refractivity contribution in [3.63, 3.8) is 0 Å². The average Bonchev–Trinajstić information content (AvgIpc) is 3.88. The van der Waals surface area contributed by atoms with E-state index in [-0.39, 0.29) is 42.8 Å². The lowest BCUT2D eigenvalue weighted by atomic mass is 10.1. The van der Waals surface area contributed by atoms with E-state index >= 15 is 0 Å². The number of aromatic nitrogens is 5. The summed E-state index contributed by atoms with van der Waals surface area (Å²) >= 11 is 0. The molecule has 0 aromatic carbocycles. The largest absolute Gasteiger partial charge is 0.487 e. The summed E-state index contributed by atoms with van der Waals surface area (Å²) in [5.74, 6) is 1.57. The lowest BCUT2D eigenvalue weighted by molar-refractivity contribution is -0.124. The Kier molecular flexibility index (Phi) is 6.14. The molecule has 0 radical (unpaired) electrons. The van der Waals surface area contributed by atoms with Crippen LogP contribution in [0.2, 0.25) is 0 Å². The zero-order chi connectivity index (χ0) is 29.1. The van der Waals surface area contributed by atoms with Crippen molar-refractivity contribution in [1.29, 1.82) is 0 Å². The van der Waals surface area contributed by atoms with Gasteiger partial charge in [-0.15, -0.1) is 0 Å². The highest BCUT2D eigenvalue weighted by atomic mass is 16.5. The van der Waals surface area contributed by atoms with Crippen molar-refractivity contribution in [1.82, 2.24) is 29.2 Å². The third kappa shape index (κ3) is 4.93. The van der Waals surface area contributed by atoms with E-state index in [0.717, 1.165) is 29.0 Å². The fraction of sp³-hybridized carbons (Fsp3) is 0.367. The second-order valence-corrected chi connectivity index (χ2v) is 11.3. The van der Waals surface area contributed by atoms with Gasteiger partial charge in [-0.05, 0) is 56.7 Å². The van der Waals surface area contributed by atoms with Crippen LogP contribution in [0.25, 0.3) is 5.65 Å². The van der Waals surface area contributed by atoms with E-state index in [9.17, 15) is 14.4 Å². The number of rotatable bonds is 8. The summed E-state index contributed by atoms with van der Waals surface area (Å²) in [6, 6.07) is 6.95. The van der Waals surface area contributed by atoms with Gasteiger partial charge in [-0.3, -0.25) is 19.4 Å². The number of carbonyl (C=O) groups excluding carboxylic acids is 3. The summed E-state index contributed by atoms with van der Waals surface area (Å²) in [6.45, 7) is 3.90. The number of imidazole rings is 1. The molecule has 1 saturated heterocycles. The van der Waals surface area contributed by atoms with Crippen molar-refractivity contribution < 1.29 is 19.1 Å². The maximum atomic E-state index is 12.9. The van der Waals surface area contributed by atoms with Crippen molar-refractivity contribution in [3.8, 4) is 5.75 Å². The van der Waals surface area contributed by atoms with Gasteiger partial charge in [0.05, 0.1) is 11.4 Å². The number of urea groups is 1. The molecule has 3 aliphatic rings. The normalized spacial score (nSPS) is 20.0. The second kappa shape index (κ2) is 9.89. The molecule has 2 saturated carbocycles. The number of hydrogen-bond donors (Lipinski definition) is 1. The fourth-order valence-corrected chi connectivity index (χ4v) is 5.42. The number of nitrogens with one attached hydrogen (secondary N) is 1. The highest BCUT2D eigenvalue weighted by Gasteiger charge is 2.46. The van der Waals surface area contributed by atoms with Crippen LogP contribution in [0, 0.1) is 19.8 Å². The van der Waals surface area contributed by atoms with Gasteiger partial charge in [0.1, 0.15) is 30.5 Å². The number of carbonyl (C=O) groups is 3. The quantitative estimate of drug-likeness (QED) is 0.319. The van der Waals surface area contributed by atoms with Crippen LogP contribution in [0.4, 0.5) is 16.3 Å². The number of likely N-dealkylation sites (N-methyl/N-ethyl adjacent to an activating group) is 1. The third-order valence-corrected chi connectivity index (χ3v) is 7.96. The first-order chi connectivity index (χ1) is 20.2. The van der Waals surface area contributed by atoms with Crippen molar-refractivity contribution in [2.75, 3.05) is 23.8 Å². The summed E-state index contributed by atoms with van der Waals surface area (Å²) in [6.07, 6.45) is 8.55. The standard InChI is InChI=1S/C30H30N8O4/c1-16-6-7-31-27(33-16)22-11-23(22)29(40)35-25-10-21(8-17(2)32-25)42-15-20-13-37-12-19(18-4-5-18)9-24(28(37)34-20)38-14-26(39)36(3)30(38)41/h6-10,12-13,18,22-23H,4-5,11,14-15H2,1-3H3,(H,32,35,40).